The lowest BCUT2D eigenvalue weighted by Crippen LogP contribution is -2.23. The van der Waals surface area contributed by atoms with Gasteiger partial charge in [0.1, 0.15) is 6.61 Å². The number of aliphatic imine (C=N–C) groups is 1. The van der Waals surface area contributed by atoms with E-state index in [2.05, 4.69) is 10.3 Å². The Morgan fingerprint density at radius 1 is 1.21 bits per heavy atom. The van der Waals surface area contributed by atoms with Crippen LogP contribution in [0.2, 0.25) is 5.02 Å². The van der Waals surface area contributed by atoms with Crippen LogP contribution in [-0.4, -0.2) is 24.1 Å². The average Bonchev–Trinajstić information content (AvgIpc) is 2.99. The third-order valence-electron chi connectivity index (χ3n) is 3.70. The predicted octanol–water partition coefficient (Wildman–Crippen LogP) is 4.03. The van der Waals surface area contributed by atoms with Crippen molar-refractivity contribution in [2.75, 3.05) is 7.11 Å². The number of hydrogen-bond acceptors (Lipinski definition) is 5. The zero-order valence-electron chi connectivity index (χ0n) is 15.2. The number of carbonyl (C=O) groups is 2. The molecule has 2 aromatic rings. The summed E-state index contributed by atoms with van der Waals surface area (Å²) in [5, 5.41) is 3.46. The van der Waals surface area contributed by atoms with E-state index >= 15 is 0 Å². The summed E-state index contributed by atoms with van der Waals surface area (Å²) in [6.07, 6.45) is 1.69. The maximum atomic E-state index is 12.0. The Bertz CT molecular complexity index is 971. The molecule has 28 heavy (non-hydrogen) atoms. The lowest BCUT2D eigenvalue weighted by Gasteiger charge is -2.11. The second-order valence-corrected chi connectivity index (χ2v) is 7.31. The number of hydrogen-bond donors (Lipinski definition) is 1. The largest absolute Gasteiger partial charge is 0.493 e. The zero-order chi connectivity index (χ0) is 20.1. The second-order valence-electron chi connectivity index (χ2n) is 5.84. The van der Waals surface area contributed by atoms with Gasteiger partial charge in [-0.05, 0) is 53.2 Å². The van der Waals surface area contributed by atoms with Gasteiger partial charge in [0.05, 0.1) is 12.0 Å². The van der Waals surface area contributed by atoms with Gasteiger partial charge in [-0.1, -0.05) is 29.8 Å². The third-order valence-corrected chi connectivity index (χ3v) is 4.85. The van der Waals surface area contributed by atoms with Crippen LogP contribution in [0.3, 0.4) is 0 Å². The van der Waals surface area contributed by atoms with Gasteiger partial charge in [0.15, 0.2) is 16.7 Å². The van der Waals surface area contributed by atoms with Gasteiger partial charge in [0, 0.05) is 11.9 Å². The first kappa shape index (κ1) is 20.0. The molecule has 144 valence electrons. The first-order valence-corrected chi connectivity index (χ1v) is 9.49. The van der Waals surface area contributed by atoms with Crippen molar-refractivity contribution in [1.29, 1.82) is 0 Å². The molecule has 1 aliphatic rings. The van der Waals surface area contributed by atoms with Crippen LogP contribution in [0.5, 0.6) is 11.5 Å². The molecule has 0 atom stereocenters. The highest BCUT2D eigenvalue weighted by Crippen LogP contribution is 2.32. The molecule has 3 rings (SSSR count). The van der Waals surface area contributed by atoms with Gasteiger partial charge in [-0.2, -0.15) is 4.99 Å². The molecule has 2 aromatic carbocycles. The number of thioether (sulfide) groups is 1. The summed E-state index contributed by atoms with van der Waals surface area (Å²) in [4.78, 5) is 27.3. The summed E-state index contributed by atoms with van der Waals surface area (Å²) in [7, 11) is 1.55. The molecule has 0 spiro atoms. The van der Waals surface area contributed by atoms with Crippen molar-refractivity contribution in [3.05, 3.63) is 63.5 Å². The molecule has 1 heterocycles. The van der Waals surface area contributed by atoms with E-state index in [9.17, 15) is 9.59 Å². The minimum absolute atomic E-state index is 0.274. The Morgan fingerprint density at radius 3 is 2.64 bits per heavy atom. The number of amides is 2. The molecular formula is C20H17ClN2O4S. The smallest absolute Gasteiger partial charge is 0.286 e. The minimum atomic E-state index is -0.393. The minimum Gasteiger partial charge on any atom is -0.493 e. The van der Waals surface area contributed by atoms with E-state index < -0.39 is 5.91 Å². The molecule has 8 heteroatoms. The van der Waals surface area contributed by atoms with Crippen LogP contribution < -0.4 is 14.8 Å². The number of nitrogens with zero attached hydrogens (tertiary/aromatic N) is 1. The number of amidine groups is 1. The highest BCUT2D eigenvalue weighted by atomic mass is 35.5. The van der Waals surface area contributed by atoms with Crippen molar-refractivity contribution in [1.82, 2.24) is 5.32 Å². The van der Waals surface area contributed by atoms with Crippen LogP contribution in [0, 0.1) is 0 Å². The number of benzene rings is 2. The fourth-order valence-electron chi connectivity index (χ4n) is 2.40. The van der Waals surface area contributed by atoms with Gasteiger partial charge in [-0.25, -0.2) is 0 Å². The van der Waals surface area contributed by atoms with E-state index in [1.807, 2.05) is 18.2 Å². The number of methoxy groups -OCH3 is 1. The van der Waals surface area contributed by atoms with Crippen molar-refractivity contribution in [3.8, 4) is 11.5 Å². The lowest BCUT2D eigenvalue weighted by atomic mass is 10.2. The van der Waals surface area contributed by atoms with Crippen molar-refractivity contribution >= 4 is 46.4 Å². The van der Waals surface area contributed by atoms with Crippen LogP contribution >= 0.6 is 23.4 Å². The normalized spacial score (nSPS) is 14.8. The Balaban J connectivity index is 1.72. The van der Waals surface area contributed by atoms with Gasteiger partial charge >= 0.3 is 0 Å². The van der Waals surface area contributed by atoms with E-state index in [0.29, 0.717) is 28.0 Å². The quantitative estimate of drug-likeness (QED) is 0.744. The summed E-state index contributed by atoms with van der Waals surface area (Å²) in [5.74, 6) is 0.460. The van der Waals surface area contributed by atoms with Crippen LogP contribution in [0.1, 0.15) is 18.1 Å². The van der Waals surface area contributed by atoms with E-state index in [1.165, 1.54) is 6.92 Å². The van der Waals surface area contributed by atoms with Gasteiger partial charge < -0.3 is 14.8 Å². The third kappa shape index (κ3) is 5.15. The second kappa shape index (κ2) is 8.95. The van der Waals surface area contributed by atoms with E-state index in [1.54, 1.807) is 37.5 Å². The van der Waals surface area contributed by atoms with Crippen molar-refractivity contribution < 1.29 is 19.1 Å². The Morgan fingerprint density at radius 2 is 1.96 bits per heavy atom. The predicted molar refractivity (Wildman–Crippen MR) is 111 cm³/mol. The fraction of sp³-hybridized carbons (Fsp3) is 0.150. The molecule has 0 fully saturated rings. The van der Waals surface area contributed by atoms with Gasteiger partial charge in [-0.15, -0.1) is 0 Å². The topological polar surface area (TPSA) is 77.0 Å². The molecule has 0 aliphatic carbocycles. The first-order valence-electron chi connectivity index (χ1n) is 8.30. The molecule has 1 aliphatic heterocycles. The number of carbonyl (C=O) groups excluding carboxylic acids is 2. The zero-order valence-corrected chi connectivity index (χ0v) is 16.8. The lowest BCUT2D eigenvalue weighted by molar-refractivity contribution is -0.117. The molecule has 0 saturated carbocycles. The maximum Gasteiger partial charge on any atom is 0.286 e. The number of halogens is 1. The molecule has 0 unspecified atom stereocenters. The summed E-state index contributed by atoms with van der Waals surface area (Å²) in [5.41, 5.74) is 1.74. The van der Waals surface area contributed by atoms with Gasteiger partial charge in [0.2, 0.25) is 5.91 Å². The molecule has 1 N–H and O–H groups in total. The van der Waals surface area contributed by atoms with Crippen LogP contribution in [-0.2, 0) is 16.2 Å². The van der Waals surface area contributed by atoms with Crippen molar-refractivity contribution in [2.24, 2.45) is 4.99 Å². The monoisotopic (exact) mass is 416 g/mol. The van der Waals surface area contributed by atoms with E-state index in [4.69, 9.17) is 21.1 Å². The summed E-state index contributed by atoms with van der Waals surface area (Å²) >= 11 is 7.00. The summed E-state index contributed by atoms with van der Waals surface area (Å²) in [6, 6.07) is 12.8. The summed E-state index contributed by atoms with van der Waals surface area (Å²) in [6.45, 7) is 1.74. The molecule has 0 saturated heterocycles. The van der Waals surface area contributed by atoms with Gasteiger partial charge in [0.25, 0.3) is 5.91 Å². The SMILES string of the molecule is COc1cc(/C=C2\SC(NC(C)=O)=NC2=O)ccc1OCc1ccc(Cl)cc1. The number of rotatable bonds is 5. The van der Waals surface area contributed by atoms with Gasteiger partial charge in [-0.3, -0.25) is 9.59 Å². The Kier molecular flexibility index (Phi) is 6.38. The number of nitrogens with one attached hydrogen (secondary N) is 1. The highest BCUT2D eigenvalue weighted by Gasteiger charge is 2.22. The Labute approximate surface area is 171 Å². The molecule has 0 aromatic heterocycles. The summed E-state index contributed by atoms with van der Waals surface area (Å²) < 4.78 is 11.2. The Hall–Kier alpha value is -2.77. The molecule has 6 nitrogen and oxygen atoms in total. The highest BCUT2D eigenvalue weighted by molar-refractivity contribution is 8.18. The van der Waals surface area contributed by atoms with Crippen molar-refractivity contribution in [2.45, 2.75) is 13.5 Å². The standard InChI is InChI=1S/C20H17ClN2O4S/c1-12(24)22-20-23-19(25)18(28-20)10-14-5-8-16(17(9-14)26-2)27-11-13-3-6-15(21)7-4-13/h3-10H,11H2,1-2H3,(H,22,23,24,25)/b18-10-. The molecular weight excluding hydrogens is 400 g/mol. The molecule has 2 amide bonds. The fourth-order valence-corrected chi connectivity index (χ4v) is 3.39. The average molecular weight is 417 g/mol. The molecule has 0 radical (unpaired) electrons. The van der Waals surface area contributed by atoms with E-state index in [0.717, 1.165) is 22.9 Å². The molecule has 0 bridgehead atoms. The number of ether oxygens (including phenoxy) is 2. The first-order chi connectivity index (χ1) is 13.4. The van der Waals surface area contributed by atoms with E-state index in [-0.39, 0.29) is 11.1 Å². The van der Waals surface area contributed by atoms with Crippen LogP contribution in [0.15, 0.2) is 52.4 Å². The van der Waals surface area contributed by atoms with Crippen LogP contribution in [0.25, 0.3) is 6.08 Å². The maximum absolute atomic E-state index is 12.0. The van der Waals surface area contributed by atoms with Crippen molar-refractivity contribution in [3.63, 3.8) is 0 Å². The van der Waals surface area contributed by atoms with Crippen LogP contribution in [0.4, 0.5) is 0 Å².